The zero-order chi connectivity index (χ0) is 14.0. The Morgan fingerprint density at radius 2 is 2.05 bits per heavy atom. The number of nitrogens with one attached hydrogen (secondary N) is 1. The third kappa shape index (κ3) is 3.50. The lowest BCUT2D eigenvalue weighted by Gasteiger charge is -2.30. The Kier molecular flexibility index (Phi) is 3.85. The summed E-state index contributed by atoms with van der Waals surface area (Å²) in [5, 5.41) is 2.78. The second-order valence-electron chi connectivity index (χ2n) is 5.45. The highest BCUT2D eigenvalue weighted by molar-refractivity contribution is 8.01. The summed E-state index contributed by atoms with van der Waals surface area (Å²) < 4.78 is 0.0349. The summed E-state index contributed by atoms with van der Waals surface area (Å²) in [6.07, 6.45) is 0. The van der Waals surface area contributed by atoms with Crippen molar-refractivity contribution in [3.8, 4) is 0 Å². The highest BCUT2D eigenvalue weighted by Crippen LogP contribution is 2.30. The minimum Gasteiger partial charge on any atom is -0.323 e. The number of nitrogens with zero attached hydrogens (tertiary/aromatic N) is 1. The summed E-state index contributed by atoms with van der Waals surface area (Å²) >= 11 is 1.59. The molecule has 4 nitrogen and oxygen atoms in total. The van der Waals surface area contributed by atoms with Crippen molar-refractivity contribution < 1.29 is 9.59 Å². The Morgan fingerprint density at radius 1 is 1.37 bits per heavy atom. The van der Waals surface area contributed by atoms with Gasteiger partial charge in [-0.2, -0.15) is 0 Å². The monoisotopic (exact) mass is 278 g/mol. The van der Waals surface area contributed by atoms with E-state index in [4.69, 9.17) is 0 Å². The van der Waals surface area contributed by atoms with Gasteiger partial charge in [0.2, 0.25) is 11.8 Å². The first kappa shape index (κ1) is 13.9. The van der Waals surface area contributed by atoms with Crippen LogP contribution in [-0.2, 0) is 9.59 Å². The van der Waals surface area contributed by atoms with E-state index in [1.807, 2.05) is 24.3 Å². The Labute approximate surface area is 117 Å². The van der Waals surface area contributed by atoms with E-state index in [0.29, 0.717) is 11.4 Å². The van der Waals surface area contributed by atoms with Gasteiger partial charge in [-0.1, -0.05) is 32.9 Å². The van der Waals surface area contributed by atoms with E-state index in [1.165, 1.54) is 0 Å². The van der Waals surface area contributed by atoms with Crippen LogP contribution in [0.15, 0.2) is 24.3 Å². The lowest BCUT2D eigenvalue weighted by Crippen LogP contribution is -2.43. The second kappa shape index (κ2) is 5.25. The van der Waals surface area contributed by atoms with Gasteiger partial charge >= 0.3 is 0 Å². The minimum atomic E-state index is -0.146. The largest absolute Gasteiger partial charge is 0.323 e. The SMILES string of the molecule is CC(C)(C)SCC(=O)N1CC(=O)Nc2ccccc21. The van der Waals surface area contributed by atoms with Crippen molar-refractivity contribution in [2.75, 3.05) is 22.5 Å². The lowest BCUT2D eigenvalue weighted by atomic mass is 10.2. The molecule has 1 aliphatic heterocycles. The highest BCUT2D eigenvalue weighted by atomic mass is 32.2. The van der Waals surface area contributed by atoms with Crippen LogP contribution in [0.4, 0.5) is 11.4 Å². The molecule has 1 aromatic rings. The number of amides is 2. The molecule has 0 unspecified atom stereocenters. The molecular weight excluding hydrogens is 260 g/mol. The molecule has 0 fully saturated rings. The van der Waals surface area contributed by atoms with Crippen LogP contribution >= 0.6 is 11.8 Å². The minimum absolute atomic E-state index is 0.0257. The molecule has 0 bridgehead atoms. The zero-order valence-electron chi connectivity index (χ0n) is 11.4. The van der Waals surface area contributed by atoms with Crippen molar-refractivity contribution in [1.29, 1.82) is 0 Å². The number of rotatable bonds is 2. The molecule has 1 aliphatic rings. The molecule has 2 amide bonds. The first-order valence-corrected chi connectivity index (χ1v) is 7.18. The van der Waals surface area contributed by atoms with Crippen molar-refractivity contribution in [3.05, 3.63) is 24.3 Å². The molecular formula is C14H18N2O2S. The van der Waals surface area contributed by atoms with E-state index in [1.54, 1.807) is 16.7 Å². The molecule has 19 heavy (non-hydrogen) atoms. The number of carbonyl (C=O) groups is 2. The molecule has 2 rings (SSSR count). The maximum atomic E-state index is 12.3. The van der Waals surface area contributed by atoms with E-state index in [9.17, 15) is 9.59 Å². The third-order valence-corrected chi connectivity index (χ3v) is 3.96. The maximum absolute atomic E-state index is 12.3. The number of anilines is 2. The Hall–Kier alpha value is -1.49. The number of hydrogen-bond acceptors (Lipinski definition) is 3. The summed E-state index contributed by atoms with van der Waals surface area (Å²) in [7, 11) is 0. The van der Waals surface area contributed by atoms with Gasteiger partial charge in [0.1, 0.15) is 6.54 Å². The Balaban J connectivity index is 2.16. The fourth-order valence-electron chi connectivity index (χ4n) is 1.81. The van der Waals surface area contributed by atoms with Crippen LogP contribution in [0.2, 0.25) is 0 Å². The standard InChI is InChI=1S/C14H18N2O2S/c1-14(2,3)19-9-13(18)16-8-12(17)15-10-6-4-5-7-11(10)16/h4-7H,8-9H2,1-3H3,(H,15,17). The van der Waals surface area contributed by atoms with Crippen LogP contribution in [0, 0.1) is 0 Å². The normalized spacial score (nSPS) is 14.9. The maximum Gasteiger partial charge on any atom is 0.244 e. The first-order chi connectivity index (χ1) is 8.87. The van der Waals surface area contributed by atoms with Gasteiger partial charge in [-0.05, 0) is 12.1 Å². The number of hydrogen-bond donors (Lipinski definition) is 1. The Morgan fingerprint density at radius 3 is 2.74 bits per heavy atom. The van der Waals surface area contributed by atoms with Gasteiger partial charge < -0.3 is 10.2 Å². The first-order valence-electron chi connectivity index (χ1n) is 6.20. The van der Waals surface area contributed by atoms with E-state index < -0.39 is 0 Å². The molecule has 0 radical (unpaired) electrons. The molecule has 102 valence electrons. The van der Waals surface area contributed by atoms with Gasteiger partial charge in [-0.3, -0.25) is 9.59 Å². The van der Waals surface area contributed by atoms with Gasteiger partial charge in [0.05, 0.1) is 17.1 Å². The third-order valence-electron chi connectivity index (χ3n) is 2.70. The van der Waals surface area contributed by atoms with Crippen LogP contribution in [0.3, 0.4) is 0 Å². The fourth-order valence-corrected chi connectivity index (χ4v) is 2.52. The van der Waals surface area contributed by atoms with Crippen molar-refractivity contribution >= 4 is 35.0 Å². The van der Waals surface area contributed by atoms with E-state index in [2.05, 4.69) is 26.1 Å². The average Bonchev–Trinajstić information content (AvgIpc) is 2.34. The molecule has 5 heteroatoms. The van der Waals surface area contributed by atoms with E-state index in [-0.39, 0.29) is 23.1 Å². The van der Waals surface area contributed by atoms with Crippen molar-refractivity contribution in [3.63, 3.8) is 0 Å². The molecule has 1 aromatic carbocycles. The second-order valence-corrected chi connectivity index (χ2v) is 7.25. The number of fused-ring (bicyclic) bond motifs is 1. The van der Waals surface area contributed by atoms with E-state index >= 15 is 0 Å². The molecule has 0 saturated carbocycles. The van der Waals surface area contributed by atoms with Crippen molar-refractivity contribution in [2.24, 2.45) is 0 Å². The van der Waals surface area contributed by atoms with Gasteiger partial charge in [0.25, 0.3) is 0 Å². The lowest BCUT2D eigenvalue weighted by molar-refractivity contribution is -0.120. The Bertz CT molecular complexity index is 508. The summed E-state index contributed by atoms with van der Waals surface area (Å²) in [4.78, 5) is 25.5. The molecule has 0 atom stereocenters. The van der Waals surface area contributed by atoms with Crippen LogP contribution in [0.25, 0.3) is 0 Å². The summed E-state index contributed by atoms with van der Waals surface area (Å²) in [5.74, 6) is 0.209. The summed E-state index contributed by atoms with van der Waals surface area (Å²) in [6.45, 7) is 6.31. The van der Waals surface area contributed by atoms with Crippen LogP contribution < -0.4 is 10.2 Å². The van der Waals surface area contributed by atoms with Gasteiger partial charge in [-0.15, -0.1) is 11.8 Å². The predicted octanol–water partition coefficient (Wildman–Crippen LogP) is 2.50. The quantitative estimate of drug-likeness (QED) is 0.904. The molecule has 1 N–H and O–H groups in total. The molecule has 1 heterocycles. The van der Waals surface area contributed by atoms with E-state index in [0.717, 1.165) is 5.69 Å². The highest BCUT2D eigenvalue weighted by Gasteiger charge is 2.27. The van der Waals surface area contributed by atoms with Gasteiger partial charge in [0.15, 0.2) is 0 Å². The van der Waals surface area contributed by atoms with Gasteiger partial charge in [-0.25, -0.2) is 0 Å². The molecule has 0 aliphatic carbocycles. The fraction of sp³-hybridized carbons (Fsp3) is 0.429. The van der Waals surface area contributed by atoms with Crippen LogP contribution in [-0.4, -0.2) is 28.9 Å². The molecule has 0 saturated heterocycles. The average molecular weight is 278 g/mol. The molecule has 0 aromatic heterocycles. The number of para-hydroxylation sites is 2. The van der Waals surface area contributed by atoms with Gasteiger partial charge in [0, 0.05) is 4.75 Å². The van der Waals surface area contributed by atoms with Crippen LogP contribution in [0.5, 0.6) is 0 Å². The smallest absolute Gasteiger partial charge is 0.244 e. The predicted molar refractivity (Wildman–Crippen MR) is 79.6 cm³/mol. The topological polar surface area (TPSA) is 49.4 Å². The van der Waals surface area contributed by atoms with Crippen LogP contribution in [0.1, 0.15) is 20.8 Å². The summed E-state index contributed by atoms with van der Waals surface area (Å²) in [5.41, 5.74) is 1.48. The number of thioether (sulfide) groups is 1. The number of carbonyl (C=O) groups excluding carboxylic acids is 2. The van der Waals surface area contributed by atoms with Crippen molar-refractivity contribution in [2.45, 2.75) is 25.5 Å². The molecule has 0 spiro atoms. The number of benzene rings is 1. The summed E-state index contributed by atoms with van der Waals surface area (Å²) in [6, 6.07) is 7.38. The zero-order valence-corrected chi connectivity index (χ0v) is 12.2. The van der Waals surface area contributed by atoms with Crippen molar-refractivity contribution in [1.82, 2.24) is 0 Å².